The van der Waals surface area contributed by atoms with E-state index in [-0.39, 0.29) is 34.2 Å². The first-order chi connectivity index (χ1) is 13.8. The molecule has 2 atom stereocenters. The van der Waals surface area contributed by atoms with Crippen LogP contribution in [0.3, 0.4) is 0 Å². The van der Waals surface area contributed by atoms with Gasteiger partial charge in [-0.1, -0.05) is 25.7 Å². The minimum absolute atomic E-state index is 0.0291. The number of benzene rings is 1. The summed E-state index contributed by atoms with van der Waals surface area (Å²) in [7, 11) is 1.29. The van der Waals surface area contributed by atoms with Gasteiger partial charge in [-0.15, -0.1) is 11.8 Å². The van der Waals surface area contributed by atoms with Crippen LogP contribution in [-0.2, 0) is 6.18 Å². The van der Waals surface area contributed by atoms with Crippen molar-refractivity contribution in [1.29, 1.82) is 0 Å². The van der Waals surface area contributed by atoms with E-state index < -0.39 is 11.7 Å². The van der Waals surface area contributed by atoms with Crippen LogP contribution < -0.4 is 15.4 Å². The number of nitrogens with one attached hydrogen (secondary N) is 2. The molecular weight excluding hydrogens is 401 g/mol. The van der Waals surface area contributed by atoms with Gasteiger partial charge < -0.3 is 15.4 Å². The highest BCUT2D eigenvalue weighted by atomic mass is 32.2. The molecule has 0 aromatic heterocycles. The number of amides is 1. The standard InChI is InChI=1S/C21H29F3N2O2S/c1-28-17-11-13(21(22,23)24)12-18(29-2)19(17)20(27)26-16-10-6-5-9-15(16)25-14-7-3-4-8-14/h11-12,14-16,25H,3-10H2,1-2H3,(H,26,27)/t15-,16+/m1/s1. The largest absolute Gasteiger partial charge is 0.496 e. The molecule has 0 aliphatic heterocycles. The first-order valence-electron chi connectivity index (χ1n) is 10.2. The monoisotopic (exact) mass is 430 g/mol. The second kappa shape index (κ2) is 9.60. The Hall–Kier alpha value is -1.41. The first-order valence-corrected chi connectivity index (χ1v) is 11.5. The predicted molar refractivity (Wildman–Crippen MR) is 109 cm³/mol. The molecule has 8 heteroatoms. The van der Waals surface area contributed by atoms with E-state index in [0.717, 1.165) is 49.6 Å². The Kier molecular flexibility index (Phi) is 7.37. The molecule has 2 aliphatic carbocycles. The predicted octanol–water partition coefficient (Wildman–Crippen LogP) is 5.01. The Balaban J connectivity index is 1.81. The van der Waals surface area contributed by atoms with Crippen LogP contribution >= 0.6 is 11.8 Å². The molecule has 2 saturated carbocycles. The normalized spacial score (nSPS) is 23.2. The van der Waals surface area contributed by atoms with E-state index in [1.165, 1.54) is 32.8 Å². The number of alkyl halides is 3. The lowest BCUT2D eigenvalue weighted by molar-refractivity contribution is -0.137. The molecule has 162 valence electrons. The number of rotatable bonds is 6. The van der Waals surface area contributed by atoms with E-state index in [4.69, 9.17) is 4.74 Å². The number of halogens is 3. The molecule has 2 fully saturated rings. The number of thioether (sulfide) groups is 1. The Morgan fingerprint density at radius 1 is 1.07 bits per heavy atom. The van der Waals surface area contributed by atoms with Crippen LogP contribution in [0.5, 0.6) is 5.75 Å². The maximum Gasteiger partial charge on any atom is 0.416 e. The summed E-state index contributed by atoms with van der Waals surface area (Å²) in [5.41, 5.74) is -0.633. The highest BCUT2D eigenvalue weighted by Crippen LogP contribution is 2.38. The zero-order valence-corrected chi connectivity index (χ0v) is 17.7. The number of carbonyl (C=O) groups excluding carboxylic acids is 1. The Morgan fingerprint density at radius 3 is 2.28 bits per heavy atom. The van der Waals surface area contributed by atoms with Gasteiger partial charge in [0.25, 0.3) is 5.91 Å². The third-order valence-electron chi connectivity index (χ3n) is 5.95. The molecule has 0 unspecified atom stereocenters. The number of ether oxygens (including phenoxy) is 1. The minimum Gasteiger partial charge on any atom is -0.496 e. The van der Waals surface area contributed by atoms with E-state index in [9.17, 15) is 18.0 Å². The molecule has 1 aromatic rings. The molecule has 2 N–H and O–H groups in total. The van der Waals surface area contributed by atoms with Crippen molar-refractivity contribution in [2.24, 2.45) is 0 Å². The van der Waals surface area contributed by atoms with Crippen molar-refractivity contribution in [3.8, 4) is 5.75 Å². The van der Waals surface area contributed by atoms with Crippen LogP contribution in [0, 0.1) is 0 Å². The zero-order chi connectivity index (χ0) is 21.0. The third kappa shape index (κ3) is 5.40. The molecule has 4 nitrogen and oxygen atoms in total. The van der Waals surface area contributed by atoms with Crippen molar-refractivity contribution < 1.29 is 22.7 Å². The van der Waals surface area contributed by atoms with Crippen LogP contribution in [0.2, 0.25) is 0 Å². The summed E-state index contributed by atoms with van der Waals surface area (Å²) in [5, 5.41) is 6.80. The van der Waals surface area contributed by atoms with Crippen molar-refractivity contribution in [3.63, 3.8) is 0 Å². The fourth-order valence-electron chi connectivity index (χ4n) is 4.44. The van der Waals surface area contributed by atoms with E-state index >= 15 is 0 Å². The molecule has 0 bridgehead atoms. The second-order valence-corrected chi connectivity index (χ2v) is 8.72. The molecule has 0 saturated heterocycles. The Morgan fingerprint density at radius 2 is 1.69 bits per heavy atom. The van der Waals surface area contributed by atoms with E-state index in [0.29, 0.717) is 6.04 Å². The Labute approximate surface area is 174 Å². The maximum absolute atomic E-state index is 13.2. The molecule has 2 aliphatic rings. The van der Waals surface area contributed by atoms with E-state index in [2.05, 4.69) is 10.6 Å². The lowest BCUT2D eigenvalue weighted by Crippen LogP contribution is -2.53. The van der Waals surface area contributed by atoms with Gasteiger partial charge in [0.05, 0.1) is 18.2 Å². The van der Waals surface area contributed by atoms with Crippen molar-refractivity contribution in [2.45, 2.75) is 80.6 Å². The van der Waals surface area contributed by atoms with E-state index in [1.807, 2.05) is 0 Å². The molecule has 1 amide bonds. The second-order valence-electron chi connectivity index (χ2n) is 7.87. The quantitative estimate of drug-likeness (QED) is 0.623. The van der Waals surface area contributed by atoms with Crippen molar-refractivity contribution in [2.75, 3.05) is 13.4 Å². The summed E-state index contributed by atoms with van der Waals surface area (Å²) < 4.78 is 44.8. The zero-order valence-electron chi connectivity index (χ0n) is 16.9. The van der Waals surface area contributed by atoms with Gasteiger partial charge in [0.15, 0.2) is 0 Å². The van der Waals surface area contributed by atoms with E-state index in [1.54, 1.807) is 6.26 Å². The van der Waals surface area contributed by atoms with Crippen LogP contribution in [-0.4, -0.2) is 37.4 Å². The molecule has 0 heterocycles. The summed E-state index contributed by atoms with van der Waals surface area (Å²) in [6, 6.07) is 2.61. The molecule has 0 spiro atoms. The summed E-state index contributed by atoms with van der Waals surface area (Å²) in [4.78, 5) is 13.4. The lowest BCUT2D eigenvalue weighted by Gasteiger charge is -2.35. The lowest BCUT2D eigenvalue weighted by atomic mass is 9.89. The van der Waals surface area contributed by atoms with Crippen LogP contribution in [0.4, 0.5) is 13.2 Å². The van der Waals surface area contributed by atoms with Gasteiger partial charge in [-0.2, -0.15) is 13.2 Å². The van der Waals surface area contributed by atoms with Gasteiger partial charge in [0.2, 0.25) is 0 Å². The highest BCUT2D eigenvalue weighted by molar-refractivity contribution is 7.98. The number of methoxy groups -OCH3 is 1. The number of hydrogen-bond donors (Lipinski definition) is 2. The van der Waals surface area contributed by atoms with Crippen LogP contribution in [0.15, 0.2) is 17.0 Å². The minimum atomic E-state index is -4.49. The van der Waals surface area contributed by atoms with Gasteiger partial charge in [0, 0.05) is 23.0 Å². The average Bonchev–Trinajstić information content (AvgIpc) is 3.20. The summed E-state index contributed by atoms with van der Waals surface area (Å²) in [6.07, 6.45) is 6.01. The number of carbonyl (C=O) groups is 1. The molecule has 3 rings (SSSR count). The summed E-state index contributed by atoms with van der Waals surface area (Å²) in [5.74, 6) is -0.414. The maximum atomic E-state index is 13.2. The van der Waals surface area contributed by atoms with Crippen LogP contribution in [0.25, 0.3) is 0 Å². The highest BCUT2D eigenvalue weighted by Gasteiger charge is 2.35. The topological polar surface area (TPSA) is 50.4 Å². The van der Waals surface area contributed by atoms with Crippen LogP contribution in [0.1, 0.15) is 67.3 Å². The average molecular weight is 431 g/mol. The summed E-state index contributed by atoms with van der Waals surface area (Å²) in [6.45, 7) is 0. The molecule has 1 aromatic carbocycles. The van der Waals surface area contributed by atoms with Crippen molar-refractivity contribution >= 4 is 17.7 Å². The van der Waals surface area contributed by atoms with Crippen molar-refractivity contribution in [1.82, 2.24) is 10.6 Å². The van der Waals surface area contributed by atoms with Gasteiger partial charge in [0.1, 0.15) is 5.75 Å². The van der Waals surface area contributed by atoms with Gasteiger partial charge >= 0.3 is 6.18 Å². The third-order valence-corrected chi connectivity index (χ3v) is 6.71. The van der Waals surface area contributed by atoms with Gasteiger partial charge in [-0.05, 0) is 44.1 Å². The fraction of sp³-hybridized carbons (Fsp3) is 0.667. The SMILES string of the molecule is COc1cc(C(F)(F)F)cc(SC)c1C(=O)N[C@H]1CCCC[C@H]1NC1CCCC1. The smallest absolute Gasteiger partial charge is 0.416 e. The number of hydrogen-bond acceptors (Lipinski definition) is 4. The fourth-order valence-corrected chi connectivity index (χ4v) is 5.08. The van der Waals surface area contributed by atoms with Gasteiger partial charge in [-0.25, -0.2) is 0 Å². The Bertz CT molecular complexity index is 695. The molecule has 29 heavy (non-hydrogen) atoms. The summed E-state index contributed by atoms with van der Waals surface area (Å²) >= 11 is 1.12. The molecular formula is C21H29F3N2O2S. The van der Waals surface area contributed by atoms with Crippen molar-refractivity contribution in [3.05, 3.63) is 23.3 Å². The molecule has 0 radical (unpaired) electrons. The first kappa shape index (κ1) is 22.3. The van der Waals surface area contributed by atoms with Gasteiger partial charge in [-0.3, -0.25) is 4.79 Å².